The quantitative estimate of drug-likeness (QED) is 0.598. The molecule has 0 saturated carbocycles. The first-order valence-electron chi connectivity index (χ1n) is 4.64. The van der Waals surface area contributed by atoms with Gasteiger partial charge in [0.05, 0.1) is 6.54 Å². The van der Waals surface area contributed by atoms with Gasteiger partial charge in [-0.15, -0.1) is 0 Å². The summed E-state index contributed by atoms with van der Waals surface area (Å²) in [6.45, 7) is 0.0893. The average molecular weight is 241 g/mol. The number of rotatable bonds is 2. The number of carbonyl (C=O) groups excluding carboxylic acids is 1. The van der Waals surface area contributed by atoms with Gasteiger partial charge in [-0.3, -0.25) is 0 Å². The zero-order valence-electron chi connectivity index (χ0n) is 8.41. The van der Waals surface area contributed by atoms with Crippen LogP contribution >= 0.6 is 0 Å². The number of hydrogen-bond acceptors (Lipinski definition) is 3. The third-order valence-electron chi connectivity index (χ3n) is 2.19. The highest BCUT2D eigenvalue weighted by molar-refractivity contribution is 5.78. The molecule has 2 rings (SSSR count). The maximum absolute atomic E-state index is 12.4. The molecule has 6 heteroatoms. The highest BCUT2D eigenvalue weighted by atomic mass is 19.4. The molecule has 0 amide bonds. The molecule has 0 N–H and O–H groups in total. The normalized spacial score (nSPS) is 11.5. The summed E-state index contributed by atoms with van der Waals surface area (Å²) in [5.74, 6) is -1.04. The molecule has 1 aromatic heterocycles. The predicted molar refractivity (Wildman–Crippen MR) is 53.0 cm³/mol. The van der Waals surface area contributed by atoms with Gasteiger partial charge in [-0.05, 0) is 23.8 Å². The van der Waals surface area contributed by atoms with Crippen molar-refractivity contribution in [1.29, 1.82) is 0 Å². The molecule has 0 bridgehead atoms. The van der Waals surface area contributed by atoms with Crippen LogP contribution in [0.1, 0.15) is 11.3 Å². The van der Waals surface area contributed by atoms with E-state index in [0.717, 1.165) is 6.07 Å². The lowest BCUT2D eigenvalue weighted by molar-refractivity contribution is -0.152. The third kappa shape index (κ3) is 2.37. The van der Waals surface area contributed by atoms with Crippen LogP contribution < -0.4 is 0 Å². The standard InChI is InChI=1S/C11H6F3NO2/c12-11(13,14)10-4-8-3-7(5-15-6-16)1-2-9(8)17-10/h1-4H,5H2. The number of isocyanates is 1. The Hall–Kier alpha value is -2.07. The van der Waals surface area contributed by atoms with Gasteiger partial charge in [0.15, 0.2) is 0 Å². The van der Waals surface area contributed by atoms with Crippen LogP contribution in [0.5, 0.6) is 0 Å². The molecule has 0 aliphatic carbocycles. The molecule has 0 aliphatic rings. The van der Waals surface area contributed by atoms with Gasteiger partial charge in [0.1, 0.15) is 5.58 Å². The molecule has 0 saturated heterocycles. The number of hydrogen-bond donors (Lipinski definition) is 0. The van der Waals surface area contributed by atoms with Crippen molar-refractivity contribution < 1.29 is 22.4 Å². The number of aliphatic imine (C=N–C) groups is 1. The van der Waals surface area contributed by atoms with Crippen LogP contribution in [0.2, 0.25) is 0 Å². The van der Waals surface area contributed by atoms with Crippen LogP contribution in [0.25, 0.3) is 11.0 Å². The first kappa shape index (κ1) is 11.4. The summed E-state index contributed by atoms with van der Waals surface area (Å²) in [4.78, 5) is 13.3. The van der Waals surface area contributed by atoms with Gasteiger partial charge in [0, 0.05) is 5.39 Å². The number of nitrogens with zero attached hydrogens (tertiary/aromatic N) is 1. The number of fused-ring (bicyclic) bond motifs is 1. The molecule has 1 heterocycles. The van der Waals surface area contributed by atoms with Gasteiger partial charge < -0.3 is 4.42 Å². The van der Waals surface area contributed by atoms with Gasteiger partial charge in [0.2, 0.25) is 11.8 Å². The molecule has 0 fully saturated rings. The van der Waals surface area contributed by atoms with Crippen molar-refractivity contribution >= 4 is 17.0 Å². The summed E-state index contributed by atoms with van der Waals surface area (Å²) in [6.07, 6.45) is -3.13. The smallest absolute Gasteiger partial charge is 0.449 e. The van der Waals surface area contributed by atoms with E-state index in [9.17, 15) is 18.0 Å². The highest BCUT2D eigenvalue weighted by Crippen LogP contribution is 2.33. The molecule has 1 aromatic carbocycles. The SMILES string of the molecule is O=C=NCc1ccc2oc(C(F)(F)F)cc2c1. The van der Waals surface area contributed by atoms with Crippen molar-refractivity contribution in [3.63, 3.8) is 0 Å². The van der Waals surface area contributed by atoms with E-state index in [1.807, 2.05) is 0 Å². The summed E-state index contributed by atoms with van der Waals surface area (Å²) in [5, 5.41) is 0.330. The summed E-state index contributed by atoms with van der Waals surface area (Å²) in [6, 6.07) is 5.38. The van der Waals surface area contributed by atoms with Gasteiger partial charge >= 0.3 is 6.18 Å². The van der Waals surface area contributed by atoms with Gasteiger partial charge in [-0.25, -0.2) is 9.79 Å². The largest absolute Gasteiger partial charge is 0.452 e. The Bertz CT molecular complexity index is 594. The molecule has 88 valence electrons. The third-order valence-corrected chi connectivity index (χ3v) is 2.19. The van der Waals surface area contributed by atoms with Crippen molar-refractivity contribution in [1.82, 2.24) is 0 Å². The second kappa shape index (κ2) is 4.07. The van der Waals surface area contributed by atoms with Crippen molar-refractivity contribution in [2.45, 2.75) is 12.7 Å². The first-order chi connectivity index (χ1) is 8.00. The predicted octanol–water partition coefficient (Wildman–Crippen LogP) is 3.29. The van der Waals surface area contributed by atoms with Gasteiger partial charge in [0.25, 0.3) is 0 Å². The molecule has 17 heavy (non-hydrogen) atoms. The number of benzene rings is 1. The fourth-order valence-electron chi connectivity index (χ4n) is 1.45. The van der Waals surface area contributed by atoms with Crippen molar-refractivity contribution in [2.75, 3.05) is 0 Å². The second-order valence-corrected chi connectivity index (χ2v) is 3.39. The fourth-order valence-corrected chi connectivity index (χ4v) is 1.45. The molecular formula is C11H6F3NO2. The molecule has 0 unspecified atom stereocenters. The molecule has 2 aromatic rings. The van der Waals surface area contributed by atoms with Crippen LogP contribution in [0.3, 0.4) is 0 Å². The molecule has 3 nitrogen and oxygen atoms in total. The zero-order valence-corrected chi connectivity index (χ0v) is 8.41. The van der Waals surface area contributed by atoms with E-state index in [1.54, 1.807) is 6.07 Å². The van der Waals surface area contributed by atoms with E-state index in [1.165, 1.54) is 18.2 Å². The highest BCUT2D eigenvalue weighted by Gasteiger charge is 2.35. The maximum Gasteiger partial charge on any atom is 0.449 e. The lowest BCUT2D eigenvalue weighted by atomic mass is 10.1. The molecule has 0 aliphatic heterocycles. The average Bonchev–Trinajstić information content (AvgIpc) is 2.68. The minimum atomic E-state index is -4.50. The van der Waals surface area contributed by atoms with E-state index in [0.29, 0.717) is 10.9 Å². The second-order valence-electron chi connectivity index (χ2n) is 3.39. The number of alkyl halides is 3. The zero-order chi connectivity index (χ0) is 12.5. The first-order valence-corrected chi connectivity index (χ1v) is 4.64. The summed E-state index contributed by atoms with van der Waals surface area (Å²) in [7, 11) is 0. The maximum atomic E-state index is 12.4. The molecule has 0 atom stereocenters. The van der Waals surface area contributed by atoms with Gasteiger partial charge in [-0.2, -0.15) is 13.2 Å². The molecular weight excluding hydrogens is 235 g/mol. The lowest BCUT2D eigenvalue weighted by Crippen LogP contribution is -2.01. The van der Waals surface area contributed by atoms with Crippen molar-refractivity contribution in [2.24, 2.45) is 4.99 Å². The molecule has 0 radical (unpaired) electrons. The van der Waals surface area contributed by atoms with E-state index >= 15 is 0 Å². The van der Waals surface area contributed by atoms with Crippen molar-refractivity contribution in [3.05, 3.63) is 35.6 Å². The Balaban J connectivity index is 2.44. The Morgan fingerprint density at radius 1 is 1.29 bits per heavy atom. The van der Waals surface area contributed by atoms with Crippen LogP contribution in [0.15, 0.2) is 33.7 Å². The van der Waals surface area contributed by atoms with Gasteiger partial charge in [-0.1, -0.05) is 6.07 Å². The summed E-state index contributed by atoms with van der Waals surface area (Å²) >= 11 is 0. The van der Waals surface area contributed by atoms with E-state index in [2.05, 4.69) is 9.41 Å². The Labute approximate surface area is 93.6 Å². The topological polar surface area (TPSA) is 42.6 Å². The number of halogens is 3. The minimum Gasteiger partial charge on any atom is -0.452 e. The van der Waals surface area contributed by atoms with E-state index in [4.69, 9.17) is 0 Å². The Morgan fingerprint density at radius 3 is 2.71 bits per heavy atom. The monoisotopic (exact) mass is 241 g/mol. The van der Waals surface area contributed by atoms with Crippen molar-refractivity contribution in [3.8, 4) is 0 Å². The fraction of sp³-hybridized carbons (Fsp3) is 0.182. The minimum absolute atomic E-state index is 0.0893. The van der Waals surface area contributed by atoms with E-state index < -0.39 is 11.9 Å². The van der Waals surface area contributed by atoms with Crippen LogP contribution in [0, 0.1) is 0 Å². The van der Waals surface area contributed by atoms with Crippen LogP contribution in [-0.4, -0.2) is 6.08 Å². The Kier molecular flexibility index (Phi) is 2.73. The summed E-state index contributed by atoms with van der Waals surface area (Å²) < 4.78 is 41.8. The lowest BCUT2D eigenvalue weighted by Gasteiger charge is -1.98. The summed E-state index contributed by atoms with van der Waals surface area (Å²) in [5.41, 5.74) is 0.770. The van der Waals surface area contributed by atoms with E-state index in [-0.39, 0.29) is 12.1 Å². The Morgan fingerprint density at radius 2 is 2.06 bits per heavy atom. The molecule has 0 spiro atoms. The number of furan rings is 1. The van der Waals surface area contributed by atoms with Crippen LogP contribution in [-0.2, 0) is 17.5 Å². The van der Waals surface area contributed by atoms with Crippen LogP contribution in [0.4, 0.5) is 13.2 Å².